The van der Waals surface area contributed by atoms with E-state index < -0.39 is 0 Å². The van der Waals surface area contributed by atoms with E-state index >= 15 is 0 Å². The predicted octanol–water partition coefficient (Wildman–Crippen LogP) is 4.30. The molecule has 1 amide bonds. The smallest absolute Gasteiger partial charge is 0.243 e. The van der Waals surface area contributed by atoms with Crippen molar-refractivity contribution in [1.82, 2.24) is 10.3 Å². The SMILES string of the molecule is COc1cc(Nc2cncc(-c3cccc([N]C(C)=O)c3)c2)cc(OC)c1OC. The minimum atomic E-state index is -0.238. The Morgan fingerprint density at radius 3 is 2.24 bits per heavy atom. The fourth-order valence-electron chi connectivity index (χ4n) is 2.92. The summed E-state index contributed by atoms with van der Waals surface area (Å²) < 4.78 is 16.1. The summed E-state index contributed by atoms with van der Waals surface area (Å²) >= 11 is 0. The lowest BCUT2D eigenvalue weighted by Crippen LogP contribution is -2.04. The maximum absolute atomic E-state index is 11.3. The van der Waals surface area contributed by atoms with Crippen molar-refractivity contribution in [3.63, 3.8) is 0 Å². The molecule has 0 unspecified atom stereocenters. The number of carbonyl (C=O) groups is 1. The largest absolute Gasteiger partial charge is 0.493 e. The number of methoxy groups -OCH3 is 3. The molecule has 0 saturated carbocycles. The summed E-state index contributed by atoms with van der Waals surface area (Å²) in [5, 5.41) is 7.28. The number of hydrogen-bond acceptors (Lipinski definition) is 6. The number of nitrogens with zero attached hydrogens (tertiary/aromatic N) is 2. The van der Waals surface area contributed by atoms with Crippen LogP contribution in [-0.2, 0) is 4.79 Å². The highest BCUT2D eigenvalue weighted by atomic mass is 16.5. The lowest BCUT2D eigenvalue weighted by molar-refractivity contribution is -0.118. The second-order valence-electron chi connectivity index (χ2n) is 6.18. The number of amides is 1. The monoisotopic (exact) mass is 392 g/mol. The molecule has 7 nitrogen and oxygen atoms in total. The van der Waals surface area contributed by atoms with Crippen LogP contribution in [0.3, 0.4) is 0 Å². The van der Waals surface area contributed by atoms with Gasteiger partial charge < -0.3 is 19.5 Å². The Bertz CT molecular complexity index is 995. The zero-order valence-electron chi connectivity index (χ0n) is 16.7. The van der Waals surface area contributed by atoms with Gasteiger partial charge in [0.05, 0.1) is 38.9 Å². The first-order chi connectivity index (χ1) is 14.0. The lowest BCUT2D eigenvalue weighted by atomic mass is 10.1. The molecular weight excluding hydrogens is 370 g/mol. The van der Waals surface area contributed by atoms with E-state index in [1.54, 1.807) is 39.8 Å². The molecule has 1 aromatic heterocycles. The molecule has 0 aliphatic rings. The summed E-state index contributed by atoms with van der Waals surface area (Å²) in [6.07, 6.45) is 3.48. The van der Waals surface area contributed by atoms with Crippen LogP contribution in [-0.4, -0.2) is 32.2 Å². The Labute approximate surface area is 169 Å². The zero-order chi connectivity index (χ0) is 20.8. The van der Waals surface area contributed by atoms with E-state index in [2.05, 4.69) is 15.6 Å². The molecule has 0 fully saturated rings. The van der Waals surface area contributed by atoms with Crippen LogP contribution in [0.1, 0.15) is 6.92 Å². The predicted molar refractivity (Wildman–Crippen MR) is 112 cm³/mol. The molecule has 1 radical (unpaired) electrons. The van der Waals surface area contributed by atoms with Crippen molar-refractivity contribution < 1.29 is 19.0 Å². The third-order valence-electron chi connectivity index (χ3n) is 4.16. The number of hydrogen-bond donors (Lipinski definition) is 1. The van der Waals surface area contributed by atoms with Crippen LogP contribution in [0.25, 0.3) is 11.1 Å². The molecule has 3 aromatic rings. The number of aromatic nitrogens is 1. The van der Waals surface area contributed by atoms with E-state index in [0.717, 1.165) is 22.5 Å². The third-order valence-corrected chi connectivity index (χ3v) is 4.16. The second kappa shape index (κ2) is 8.97. The normalized spacial score (nSPS) is 10.2. The van der Waals surface area contributed by atoms with Crippen molar-refractivity contribution in [2.24, 2.45) is 0 Å². The average molecular weight is 392 g/mol. The number of rotatable bonds is 7. The Morgan fingerprint density at radius 1 is 0.897 bits per heavy atom. The van der Waals surface area contributed by atoms with Crippen molar-refractivity contribution in [2.45, 2.75) is 6.92 Å². The van der Waals surface area contributed by atoms with Crippen molar-refractivity contribution in [3.05, 3.63) is 54.9 Å². The summed E-state index contributed by atoms with van der Waals surface area (Å²) in [6, 6.07) is 13.0. The van der Waals surface area contributed by atoms with Crippen molar-refractivity contribution in [1.29, 1.82) is 0 Å². The standard InChI is InChI=1S/C22H22N3O4/c1-14(26)24-17-7-5-6-15(8-17)16-9-19(13-23-12-16)25-18-10-20(27-2)22(29-4)21(11-18)28-3/h5-13,25H,1-4H3. The first-order valence-corrected chi connectivity index (χ1v) is 8.89. The van der Waals surface area contributed by atoms with E-state index in [1.807, 2.05) is 36.4 Å². The van der Waals surface area contributed by atoms with Crippen LogP contribution in [0.2, 0.25) is 0 Å². The van der Waals surface area contributed by atoms with Gasteiger partial charge in [-0.15, -0.1) is 0 Å². The molecular formula is C22H22N3O4. The first-order valence-electron chi connectivity index (χ1n) is 8.89. The van der Waals surface area contributed by atoms with Gasteiger partial charge in [-0.1, -0.05) is 12.1 Å². The maximum atomic E-state index is 11.3. The van der Waals surface area contributed by atoms with E-state index in [4.69, 9.17) is 14.2 Å². The average Bonchev–Trinajstić information content (AvgIpc) is 2.73. The van der Waals surface area contributed by atoms with Crippen LogP contribution in [0.4, 0.5) is 17.1 Å². The second-order valence-corrected chi connectivity index (χ2v) is 6.18. The Kier molecular flexibility index (Phi) is 6.19. The minimum Gasteiger partial charge on any atom is -0.493 e. The number of anilines is 2. The van der Waals surface area contributed by atoms with Gasteiger partial charge in [0.1, 0.15) is 0 Å². The van der Waals surface area contributed by atoms with Gasteiger partial charge in [0.25, 0.3) is 0 Å². The number of ether oxygens (including phenoxy) is 3. The fourth-order valence-corrected chi connectivity index (χ4v) is 2.92. The van der Waals surface area contributed by atoms with Crippen LogP contribution in [0.15, 0.2) is 54.9 Å². The van der Waals surface area contributed by atoms with E-state index in [1.165, 1.54) is 6.92 Å². The molecule has 0 spiro atoms. The molecule has 0 aliphatic carbocycles. The molecule has 0 bridgehead atoms. The molecule has 29 heavy (non-hydrogen) atoms. The number of nitrogens with one attached hydrogen (secondary N) is 1. The molecule has 0 aliphatic heterocycles. The van der Waals surface area contributed by atoms with Gasteiger partial charge in [0.15, 0.2) is 11.5 Å². The fraction of sp³-hybridized carbons (Fsp3) is 0.182. The van der Waals surface area contributed by atoms with Crippen LogP contribution in [0, 0.1) is 0 Å². The summed E-state index contributed by atoms with van der Waals surface area (Å²) in [4.78, 5) is 15.6. The van der Waals surface area contributed by atoms with Gasteiger partial charge in [-0.05, 0) is 23.8 Å². The summed E-state index contributed by atoms with van der Waals surface area (Å²) in [5.74, 6) is 1.39. The van der Waals surface area contributed by atoms with E-state index in [0.29, 0.717) is 22.9 Å². The van der Waals surface area contributed by atoms with Crippen molar-refractivity contribution in [2.75, 3.05) is 26.6 Å². The summed E-state index contributed by atoms with van der Waals surface area (Å²) in [5.41, 5.74) is 3.96. The quantitative estimate of drug-likeness (QED) is 0.645. The molecule has 0 saturated heterocycles. The molecule has 1 N–H and O–H groups in total. The van der Waals surface area contributed by atoms with Crippen LogP contribution in [0.5, 0.6) is 17.2 Å². The van der Waals surface area contributed by atoms with Crippen LogP contribution < -0.4 is 24.8 Å². The lowest BCUT2D eigenvalue weighted by Gasteiger charge is -2.15. The van der Waals surface area contributed by atoms with E-state index in [9.17, 15) is 4.79 Å². The molecule has 7 heteroatoms. The van der Waals surface area contributed by atoms with Gasteiger partial charge in [0.2, 0.25) is 11.7 Å². The van der Waals surface area contributed by atoms with Gasteiger partial charge in [-0.2, -0.15) is 0 Å². The topological polar surface area (TPSA) is 83.8 Å². The molecule has 149 valence electrons. The van der Waals surface area contributed by atoms with Gasteiger partial charge in [-0.3, -0.25) is 9.78 Å². The van der Waals surface area contributed by atoms with Crippen molar-refractivity contribution >= 4 is 23.0 Å². The third kappa shape index (κ3) is 4.76. The van der Waals surface area contributed by atoms with Gasteiger partial charge in [0, 0.05) is 36.5 Å². The molecule has 3 rings (SSSR count). The van der Waals surface area contributed by atoms with Gasteiger partial charge >= 0.3 is 0 Å². The summed E-state index contributed by atoms with van der Waals surface area (Å²) in [7, 11) is 4.71. The number of pyridine rings is 1. The van der Waals surface area contributed by atoms with Crippen LogP contribution >= 0.6 is 0 Å². The molecule has 2 aromatic carbocycles. The summed E-state index contributed by atoms with van der Waals surface area (Å²) in [6.45, 7) is 1.43. The van der Waals surface area contributed by atoms with E-state index in [-0.39, 0.29) is 5.91 Å². The number of carbonyl (C=O) groups excluding carboxylic acids is 1. The highest BCUT2D eigenvalue weighted by Gasteiger charge is 2.13. The highest BCUT2D eigenvalue weighted by Crippen LogP contribution is 2.40. The Hall–Kier alpha value is -3.74. The maximum Gasteiger partial charge on any atom is 0.243 e. The molecule has 0 atom stereocenters. The minimum absolute atomic E-state index is 0.238. The Balaban J connectivity index is 1.90. The Morgan fingerprint density at radius 2 is 1.62 bits per heavy atom. The first kappa shape index (κ1) is 20.0. The highest BCUT2D eigenvalue weighted by molar-refractivity contribution is 5.80. The molecule has 1 heterocycles. The number of benzene rings is 2. The van der Waals surface area contributed by atoms with Gasteiger partial charge in [-0.25, -0.2) is 5.32 Å². The zero-order valence-corrected chi connectivity index (χ0v) is 16.7. The van der Waals surface area contributed by atoms with Crippen molar-refractivity contribution in [3.8, 4) is 28.4 Å².